The Bertz CT molecular complexity index is 428. The Morgan fingerprint density at radius 1 is 1.42 bits per heavy atom. The van der Waals surface area contributed by atoms with Gasteiger partial charge in [-0.15, -0.1) is 0 Å². The van der Waals surface area contributed by atoms with Gasteiger partial charge < -0.3 is 14.4 Å². The van der Waals surface area contributed by atoms with E-state index in [2.05, 4.69) is 20.4 Å². The molecule has 3 N–H and O–H groups in total. The van der Waals surface area contributed by atoms with E-state index in [1.165, 1.54) is 0 Å². The Morgan fingerprint density at radius 2 is 2.21 bits per heavy atom. The summed E-state index contributed by atoms with van der Waals surface area (Å²) >= 11 is 0. The number of nitrogen functional groups attached to an aromatic ring is 1. The Morgan fingerprint density at radius 3 is 2.84 bits per heavy atom. The molecule has 1 fully saturated rings. The molecule has 0 spiro atoms. The van der Waals surface area contributed by atoms with E-state index in [-0.39, 0.29) is 18.2 Å². The van der Waals surface area contributed by atoms with E-state index in [1.54, 1.807) is 0 Å². The molecule has 19 heavy (non-hydrogen) atoms. The number of rotatable bonds is 4. The van der Waals surface area contributed by atoms with Crippen LogP contribution in [0.15, 0.2) is 0 Å². The zero-order valence-corrected chi connectivity index (χ0v) is 11.5. The lowest BCUT2D eigenvalue weighted by molar-refractivity contribution is 0.0525. The summed E-state index contributed by atoms with van der Waals surface area (Å²) in [6.07, 6.45) is 0.138. The fraction of sp³-hybridized carbons (Fsp3) is 0.727. The molecule has 1 aromatic heterocycles. The zero-order chi connectivity index (χ0) is 13.8. The molecule has 8 nitrogen and oxygen atoms in total. The highest BCUT2D eigenvalue weighted by molar-refractivity contribution is 5.38. The number of hydrogen-bond acceptors (Lipinski definition) is 8. The van der Waals surface area contributed by atoms with Crippen molar-refractivity contribution in [2.45, 2.75) is 33.0 Å². The van der Waals surface area contributed by atoms with Gasteiger partial charge >= 0.3 is 6.01 Å². The van der Waals surface area contributed by atoms with Crippen LogP contribution in [-0.2, 0) is 4.74 Å². The van der Waals surface area contributed by atoms with Crippen molar-refractivity contribution < 1.29 is 9.47 Å². The van der Waals surface area contributed by atoms with Crippen molar-refractivity contribution in [2.75, 3.05) is 30.0 Å². The maximum absolute atomic E-state index is 5.50. The molecule has 0 aromatic carbocycles. The SMILES string of the molecule is CC(C)Oc1nc(NN)nc(N2CCOC(C)C2)n1. The van der Waals surface area contributed by atoms with Gasteiger partial charge in [0.25, 0.3) is 0 Å². The Kier molecular flexibility index (Phi) is 4.33. The molecule has 0 aliphatic carbocycles. The predicted molar refractivity (Wildman–Crippen MR) is 71.0 cm³/mol. The lowest BCUT2D eigenvalue weighted by Gasteiger charge is -2.31. The third kappa shape index (κ3) is 3.65. The first-order valence-corrected chi connectivity index (χ1v) is 6.34. The van der Waals surface area contributed by atoms with E-state index in [0.29, 0.717) is 18.5 Å². The molecule has 1 saturated heterocycles. The van der Waals surface area contributed by atoms with Gasteiger partial charge in [-0.1, -0.05) is 0 Å². The number of hydrazine groups is 1. The first-order chi connectivity index (χ1) is 9.08. The molecule has 0 saturated carbocycles. The lowest BCUT2D eigenvalue weighted by atomic mass is 10.3. The van der Waals surface area contributed by atoms with E-state index < -0.39 is 0 Å². The molecule has 1 unspecified atom stereocenters. The number of ether oxygens (including phenoxy) is 2. The van der Waals surface area contributed by atoms with Crippen molar-refractivity contribution in [1.82, 2.24) is 15.0 Å². The van der Waals surface area contributed by atoms with Gasteiger partial charge in [0.2, 0.25) is 11.9 Å². The van der Waals surface area contributed by atoms with E-state index in [9.17, 15) is 0 Å². The zero-order valence-electron chi connectivity index (χ0n) is 11.5. The molecule has 8 heteroatoms. The summed E-state index contributed by atoms with van der Waals surface area (Å²) in [6, 6.07) is 0.270. The van der Waals surface area contributed by atoms with E-state index in [1.807, 2.05) is 25.7 Å². The molecular formula is C11H20N6O2. The Balaban J connectivity index is 2.22. The predicted octanol–water partition coefficient (Wildman–Crippen LogP) is 0.169. The molecule has 1 aromatic rings. The molecular weight excluding hydrogens is 248 g/mol. The largest absolute Gasteiger partial charge is 0.461 e. The van der Waals surface area contributed by atoms with Gasteiger partial charge in [-0.05, 0) is 20.8 Å². The first-order valence-electron chi connectivity index (χ1n) is 6.34. The molecule has 2 heterocycles. The second-order valence-electron chi connectivity index (χ2n) is 4.68. The third-order valence-corrected chi connectivity index (χ3v) is 2.60. The first kappa shape index (κ1) is 13.8. The van der Waals surface area contributed by atoms with Crippen molar-refractivity contribution in [3.8, 4) is 6.01 Å². The van der Waals surface area contributed by atoms with Gasteiger partial charge in [0.1, 0.15) is 0 Å². The lowest BCUT2D eigenvalue weighted by Crippen LogP contribution is -2.42. The second kappa shape index (κ2) is 5.98. The second-order valence-corrected chi connectivity index (χ2v) is 4.68. The van der Waals surface area contributed by atoms with Crippen LogP contribution in [0.25, 0.3) is 0 Å². The van der Waals surface area contributed by atoms with Crippen LogP contribution in [0.1, 0.15) is 20.8 Å². The third-order valence-electron chi connectivity index (χ3n) is 2.60. The number of nitrogens with zero attached hydrogens (tertiary/aromatic N) is 4. The molecule has 1 aliphatic rings. The quantitative estimate of drug-likeness (QED) is 0.589. The highest BCUT2D eigenvalue weighted by atomic mass is 16.5. The number of aromatic nitrogens is 3. The van der Waals surface area contributed by atoms with Crippen molar-refractivity contribution in [2.24, 2.45) is 5.84 Å². The van der Waals surface area contributed by atoms with Gasteiger partial charge in [-0.25, -0.2) is 5.84 Å². The number of anilines is 2. The summed E-state index contributed by atoms with van der Waals surface area (Å²) in [4.78, 5) is 14.7. The minimum atomic E-state index is -0.00973. The topological polar surface area (TPSA) is 98.4 Å². The standard InChI is InChI=1S/C11H20N6O2/c1-7(2)19-11-14-9(16-12)13-10(15-11)17-4-5-18-8(3)6-17/h7-8H,4-6,12H2,1-3H3,(H,13,14,15,16). The summed E-state index contributed by atoms with van der Waals surface area (Å²) in [5.74, 6) is 6.21. The van der Waals surface area contributed by atoms with Crippen LogP contribution in [0.4, 0.5) is 11.9 Å². The highest BCUT2D eigenvalue weighted by Crippen LogP contribution is 2.17. The fourth-order valence-corrected chi connectivity index (χ4v) is 1.82. The van der Waals surface area contributed by atoms with Crippen LogP contribution < -0.4 is 20.9 Å². The molecule has 0 bridgehead atoms. The maximum Gasteiger partial charge on any atom is 0.323 e. The van der Waals surface area contributed by atoms with Crippen LogP contribution in [0.2, 0.25) is 0 Å². The summed E-state index contributed by atoms with van der Waals surface area (Å²) in [7, 11) is 0. The van der Waals surface area contributed by atoms with Gasteiger partial charge in [0.15, 0.2) is 0 Å². The van der Waals surface area contributed by atoms with Gasteiger partial charge in [0, 0.05) is 13.1 Å². The fourth-order valence-electron chi connectivity index (χ4n) is 1.82. The van der Waals surface area contributed by atoms with Crippen molar-refractivity contribution >= 4 is 11.9 Å². The molecule has 106 valence electrons. The monoisotopic (exact) mass is 268 g/mol. The maximum atomic E-state index is 5.50. The van der Waals surface area contributed by atoms with Gasteiger partial charge in [-0.2, -0.15) is 15.0 Å². The molecule has 0 radical (unpaired) electrons. The number of nitrogens with two attached hydrogens (primary N) is 1. The number of nitrogens with one attached hydrogen (secondary N) is 1. The van der Waals surface area contributed by atoms with Gasteiger partial charge in [-0.3, -0.25) is 5.43 Å². The average molecular weight is 268 g/mol. The molecule has 0 amide bonds. The molecule has 1 aliphatic heterocycles. The van der Waals surface area contributed by atoms with Crippen LogP contribution >= 0.6 is 0 Å². The van der Waals surface area contributed by atoms with E-state index in [4.69, 9.17) is 15.3 Å². The summed E-state index contributed by atoms with van der Waals surface area (Å²) in [6.45, 7) is 7.96. The normalized spacial score (nSPS) is 19.6. The number of morpholine rings is 1. The van der Waals surface area contributed by atoms with Crippen molar-refractivity contribution in [3.05, 3.63) is 0 Å². The van der Waals surface area contributed by atoms with E-state index >= 15 is 0 Å². The van der Waals surface area contributed by atoms with Crippen LogP contribution in [-0.4, -0.2) is 46.9 Å². The minimum Gasteiger partial charge on any atom is -0.461 e. The summed E-state index contributed by atoms with van der Waals surface area (Å²) in [5.41, 5.74) is 2.43. The van der Waals surface area contributed by atoms with Crippen molar-refractivity contribution in [3.63, 3.8) is 0 Å². The van der Waals surface area contributed by atoms with E-state index in [0.717, 1.165) is 13.1 Å². The smallest absolute Gasteiger partial charge is 0.323 e. The Labute approximate surface area is 112 Å². The highest BCUT2D eigenvalue weighted by Gasteiger charge is 2.21. The van der Waals surface area contributed by atoms with Crippen molar-refractivity contribution in [1.29, 1.82) is 0 Å². The van der Waals surface area contributed by atoms with Gasteiger partial charge in [0.05, 0.1) is 18.8 Å². The number of hydrogen-bond donors (Lipinski definition) is 2. The molecule has 1 atom stereocenters. The summed E-state index contributed by atoms with van der Waals surface area (Å²) in [5, 5.41) is 0. The average Bonchev–Trinajstić information content (AvgIpc) is 2.37. The molecule has 2 rings (SSSR count). The summed E-state index contributed by atoms with van der Waals surface area (Å²) < 4.78 is 11.0. The van der Waals surface area contributed by atoms with Crippen LogP contribution in [0.5, 0.6) is 6.01 Å². The van der Waals surface area contributed by atoms with Crippen LogP contribution in [0.3, 0.4) is 0 Å². The minimum absolute atomic E-state index is 0.00973. The Hall–Kier alpha value is -1.67. The van der Waals surface area contributed by atoms with Crippen LogP contribution in [0, 0.1) is 0 Å².